The highest BCUT2D eigenvalue weighted by molar-refractivity contribution is 6.06. The second-order valence-corrected chi connectivity index (χ2v) is 7.34. The van der Waals surface area contributed by atoms with Crippen molar-refractivity contribution in [2.75, 3.05) is 26.7 Å². The van der Waals surface area contributed by atoms with E-state index in [9.17, 15) is 9.59 Å². The van der Waals surface area contributed by atoms with Gasteiger partial charge in [-0.25, -0.2) is 4.79 Å². The smallest absolute Gasteiger partial charge is 0.325 e. The Morgan fingerprint density at radius 3 is 2.76 bits per heavy atom. The number of hydrogen-bond acceptors (Lipinski definition) is 4. The van der Waals surface area contributed by atoms with Crippen LogP contribution in [0.1, 0.15) is 44.7 Å². The van der Waals surface area contributed by atoms with Crippen LogP contribution in [-0.4, -0.2) is 54.0 Å². The summed E-state index contributed by atoms with van der Waals surface area (Å²) in [5.74, 6) is 0.745. The Morgan fingerprint density at radius 1 is 1.28 bits per heavy atom. The van der Waals surface area contributed by atoms with E-state index in [0.717, 1.165) is 38.1 Å². The van der Waals surface area contributed by atoms with Crippen LogP contribution in [0.2, 0.25) is 0 Å². The molecule has 2 aliphatic heterocycles. The minimum atomic E-state index is -0.784. The molecule has 0 radical (unpaired) electrons. The van der Waals surface area contributed by atoms with Crippen LogP contribution < -0.4 is 10.1 Å². The first-order valence-corrected chi connectivity index (χ1v) is 8.94. The van der Waals surface area contributed by atoms with Crippen LogP contribution in [0.3, 0.4) is 0 Å². The lowest BCUT2D eigenvalue weighted by molar-refractivity contribution is -0.130. The van der Waals surface area contributed by atoms with Crippen molar-refractivity contribution in [3.63, 3.8) is 0 Å². The van der Waals surface area contributed by atoms with Crippen LogP contribution in [0.25, 0.3) is 0 Å². The lowest BCUT2D eigenvalue weighted by Crippen LogP contribution is -2.40. The minimum absolute atomic E-state index is 0.136. The van der Waals surface area contributed by atoms with E-state index in [1.807, 2.05) is 12.1 Å². The van der Waals surface area contributed by atoms with Crippen LogP contribution in [0.15, 0.2) is 24.3 Å². The van der Waals surface area contributed by atoms with Crippen molar-refractivity contribution in [3.05, 3.63) is 29.8 Å². The average molecular weight is 345 g/mol. The van der Waals surface area contributed by atoms with Crippen molar-refractivity contribution in [2.24, 2.45) is 0 Å². The fourth-order valence-electron chi connectivity index (χ4n) is 3.77. The topological polar surface area (TPSA) is 61.9 Å². The van der Waals surface area contributed by atoms with Gasteiger partial charge in [-0.3, -0.25) is 14.6 Å². The molecule has 1 N–H and O–H groups in total. The van der Waals surface area contributed by atoms with E-state index in [0.29, 0.717) is 12.6 Å². The number of nitrogens with one attached hydrogen (secondary N) is 1. The molecule has 0 saturated carbocycles. The fourth-order valence-corrected chi connectivity index (χ4v) is 3.77. The molecule has 136 valence electrons. The molecule has 6 heteroatoms. The van der Waals surface area contributed by atoms with Gasteiger partial charge in [0.2, 0.25) is 0 Å². The molecule has 1 aromatic rings. The zero-order valence-electron chi connectivity index (χ0n) is 15.2. The van der Waals surface area contributed by atoms with Crippen molar-refractivity contribution in [3.8, 4) is 5.75 Å². The number of methoxy groups -OCH3 is 1. The van der Waals surface area contributed by atoms with Gasteiger partial charge in [0.25, 0.3) is 5.91 Å². The molecule has 0 aliphatic carbocycles. The van der Waals surface area contributed by atoms with E-state index in [2.05, 4.69) is 22.3 Å². The third kappa shape index (κ3) is 3.63. The molecule has 3 rings (SSSR count). The molecule has 1 atom stereocenters. The number of carbonyl (C=O) groups is 2. The lowest BCUT2D eigenvalue weighted by atomic mass is 10.0. The average Bonchev–Trinajstić information content (AvgIpc) is 3.12. The number of benzene rings is 1. The second kappa shape index (κ2) is 7.04. The maximum atomic E-state index is 12.2. The van der Waals surface area contributed by atoms with Crippen molar-refractivity contribution in [1.82, 2.24) is 15.1 Å². The van der Waals surface area contributed by atoms with Gasteiger partial charge in [0.05, 0.1) is 7.11 Å². The number of likely N-dealkylation sites (tertiary alicyclic amines) is 1. The molecule has 3 amide bonds. The first kappa shape index (κ1) is 17.7. The van der Waals surface area contributed by atoms with Gasteiger partial charge in [-0.15, -0.1) is 0 Å². The SMILES string of the molecule is COc1cccc([C@@H]2CCCN2CCCN2C(=O)NC(C)(C)C2=O)c1. The van der Waals surface area contributed by atoms with Crippen molar-refractivity contribution in [2.45, 2.75) is 44.7 Å². The van der Waals surface area contributed by atoms with Crippen LogP contribution in [-0.2, 0) is 4.79 Å². The minimum Gasteiger partial charge on any atom is -0.497 e. The van der Waals surface area contributed by atoms with Gasteiger partial charge >= 0.3 is 6.03 Å². The van der Waals surface area contributed by atoms with E-state index in [1.165, 1.54) is 10.5 Å². The summed E-state index contributed by atoms with van der Waals surface area (Å²) in [4.78, 5) is 28.0. The van der Waals surface area contributed by atoms with Crippen LogP contribution in [0, 0.1) is 0 Å². The number of urea groups is 1. The Balaban J connectivity index is 1.57. The highest BCUT2D eigenvalue weighted by atomic mass is 16.5. The standard InChI is InChI=1S/C19H27N3O3/c1-19(2)17(23)22(18(24)20-19)12-6-11-21-10-5-9-16(21)14-7-4-8-15(13-14)25-3/h4,7-8,13,16H,5-6,9-12H2,1-3H3,(H,20,24)/t16-/m0/s1. The van der Waals surface area contributed by atoms with E-state index >= 15 is 0 Å². The third-order valence-electron chi connectivity index (χ3n) is 5.11. The summed E-state index contributed by atoms with van der Waals surface area (Å²) < 4.78 is 5.33. The molecule has 0 aromatic heterocycles. The predicted octanol–water partition coefficient (Wildman–Crippen LogP) is 2.55. The Morgan fingerprint density at radius 2 is 2.08 bits per heavy atom. The van der Waals surface area contributed by atoms with Crippen molar-refractivity contribution < 1.29 is 14.3 Å². The number of amides is 3. The molecule has 0 spiro atoms. The number of carbonyl (C=O) groups excluding carboxylic acids is 2. The molecular weight excluding hydrogens is 318 g/mol. The summed E-state index contributed by atoms with van der Waals surface area (Å²) >= 11 is 0. The molecule has 2 fully saturated rings. The van der Waals surface area contributed by atoms with Gasteiger partial charge in [-0.2, -0.15) is 0 Å². The van der Waals surface area contributed by atoms with Crippen LogP contribution in [0.4, 0.5) is 4.79 Å². The summed E-state index contributed by atoms with van der Waals surface area (Å²) in [5.41, 5.74) is 0.487. The number of hydrogen-bond donors (Lipinski definition) is 1. The van der Waals surface area contributed by atoms with E-state index < -0.39 is 5.54 Å². The van der Waals surface area contributed by atoms with E-state index in [-0.39, 0.29) is 11.9 Å². The number of rotatable bonds is 6. The van der Waals surface area contributed by atoms with Gasteiger partial charge in [-0.1, -0.05) is 12.1 Å². The first-order chi connectivity index (χ1) is 11.9. The Bertz CT molecular complexity index is 659. The molecule has 0 unspecified atom stereocenters. The Labute approximate surface area is 149 Å². The molecule has 25 heavy (non-hydrogen) atoms. The van der Waals surface area contributed by atoms with Crippen molar-refractivity contribution in [1.29, 1.82) is 0 Å². The van der Waals surface area contributed by atoms with Gasteiger partial charge in [0, 0.05) is 19.1 Å². The molecule has 6 nitrogen and oxygen atoms in total. The van der Waals surface area contributed by atoms with Crippen LogP contribution in [0.5, 0.6) is 5.75 Å². The summed E-state index contributed by atoms with van der Waals surface area (Å²) in [5, 5.41) is 2.73. The predicted molar refractivity (Wildman–Crippen MR) is 95.5 cm³/mol. The monoisotopic (exact) mass is 345 g/mol. The Hall–Kier alpha value is -2.08. The lowest BCUT2D eigenvalue weighted by Gasteiger charge is -2.26. The molecular formula is C19H27N3O3. The summed E-state index contributed by atoms with van der Waals surface area (Å²) in [7, 11) is 1.69. The zero-order valence-corrected chi connectivity index (χ0v) is 15.2. The normalized spacial score (nSPS) is 23.2. The Kier molecular flexibility index (Phi) is 4.99. The zero-order chi connectivity index (χ0) is 18.0. The highest BCUT2D eigenvalue weighted by Gasteiger charge is 2.43. The first-order valence-electron chi connectivity index (χ1n) is 8.94. The maximum Gasteiger partial charge on any atom is 0.325 e. The number of ether oxygens (including phenoxy) is 1. The quantitative estimate of drug-likeness (QED) is 0.805. The summed E-state index contributed by atoms with van der Waals surface area (Å²) in [6.45, 7) is 5.88. The second-order valence-electron chi connectivity index (χ2n) is 7.34. The fraction of sp³-hybridized carbons (Fsp3) is 0.579. The van der Waals surface area contributed by atoms with Gasteiger partial charge in [0.1, 0.15) is 11.3 Å². The number of nitrogens with zero attached hydrogens (tertiary/aromatic N) is 2. The van der Waals surface area contributed by atoms with E-state index in [1.54, 1.807) is 21.0 Å². The molecule has 2 saturated heterocycles. The van der Waals surface area contributed by atoms with Crippen LogP contribution >= 0.6 is 0 Å². The molecule has 2 heterocycles. The third-order valence-corrected chi connectivity index (χ3v) is 5.11. The summed E-state index contributed by atoms with van der Waals surface area (Å²) in [6, 6.07) is 8.34. The van der Waals surface area contributed by atoms with Gasteiger partial charge in [-0.05, 0) is 57.4 Å². The number of imide groups is 1. The molecule has 0 bridgehead atoms. The largest absolute Gasteiger partial charge is 0.497 e. The maximum absolute atomic E-state index is 12.2. The van der Waals surface area contributed by atoms with E-state index in [4.69, 9.17) is 4.74 Å². The summed E-state index contributed by atoms with van der Waals surface area (Å²) in [6.07, 6.45) is 3.08. The van der Waals surface area contributed by atoms with Crippen molar-refractivity contribution >= 4 is 11.9 Å². The van der Waals surface area contributed by atoms with Gasteiger partial charge < -0.3 is 10.1 Å². The molecule has 1 aromatic carbocycles. The molecule has 2 aliphatic rings. The van der Waals surface area contributed by atoms with Gasteiger partial charge in [0.15, 0.2) is 0 Å². The highest BCUT2D eigenvalue weighted by Crippen LogP contribution is 2.33.